The van der Waals surface area contributed by atoms with Crippen LogP contribution < -0.4 is 14.9 Å². The summed E-state index contributed by atoms with van der Waals surface area (Å²) in [6.45, 7) is 1.97. The van der Waals surface area contributed by atoms with Crippen molar-refractivity contribution < 1.29 is 18.7 Å². The number of carbonyl (C=O) groups is 1. The fourth-order valence-corrected chi connectivity index (χ4v) is 3.14. The summed E-state index contributed by atoms with van der Waals surface area (Å²) in [5.41, 5.74) is 1.48. The van der Waals surface area contributed by atoms with E-state index in [0.717, 1.165) is 10.0 Å². The van der Waals surface area contributed by atoms with E-state index in [1.54, 1.807) is 42.5 Å². The van der Waals surface area contributed by atoms with Gasteiger partial charge in [0.1, 0.15) is 23.3 Å². The number of benzene rings is 3. The van der Waals surface area contributed by atoms with Crippen molar-refractivity contribution >= 4 is 32.9 Å². The van der Waals surface area contributed by atoms with Crippen molar-refractivity contribution in [3.63, 3.8) is 0 Å². The molecule has 0 amide bonds. The highest BCUT2D eigenvalue weighted by molar-refractivity contribution is 9.10. The van der Waals surface area contributed by atoms with E-state index in [1.807, 2.05) is 25.1 Å². The molecule has 0 unspecified atom stereocenters. The van der Waals surface area contributed by atoms with Gasteiger partial charge in [-0.05, 0) is 49.4 Å². The molecule has 5 nitrogen and oxygen atoms in total. The minimum atomic E-state index is -0.507. The van der Waals surface area contributed by atoms with Gasteiger partial charge < -0.3 is 13.9 Å². The van der Waals surface area contributed by atoms with Crippen LogP contribution in [0.1, 0.15) is 15.9 Å². The van der Waals surface area contributed by atoms with Crippen LogP contribution in [0, 0.1) is 6.92 Å². The normalized spacial score (nSPS) is 10.7. The van der Waals surface area contributed by atoms with Crippen LogP contribution in [0.3, 0.4) is 0 Å². The lowest BCUT2D eigenvalue weighted by Crippen LogP contribution is -2.09. The van der Waals surface area contributed by atoms with E-state index in [9.17, 15) is 9.59 Å². The summed E-state index contributed by atoms with van der Waals surface area (Å²) in [5, 5.41) is 0.330. The number of aryl methyl sites for hydroxylation is 1. The predicted octanol–water partition coefficient (Wildman–Crippen LogP) is 5.88. The molecule has 4 rings (SSSR count). The number of fused-ring (bicyclic) bond motifs is 1. The zero-order chi connectivity index (χ0) is 20.4. The molecular weight excluding hydrogens is 436 g/mol. The lowest BCUT2D eigenvalue weighted by molar-refractivity contribution is 0.0735. The number of hydrogen-bond donors (Lipinski definition) is 0. The summed E-state index contributed by atoms with van der Waals surface area (Å²) in [4.78, 5) is 25.0. The third-order valence-electron chi connectivity index (χ3n) is 4.23. The van der Waals surface area contributed by atoms with Crippen molar-refractivity contribution in [2.45, 2.75) is 6.92 Å². The SMILES string of the molecule is Cc1ccc(Oc2coc3cc(OC(=O)c4cccc(Br)c4)ccc3c2=O)cc1. The quantitative estimate of drug-likeness (QED) is 0.287. The molecule has 1 aromatic heterocycles. The highest BCUT2D eigenvalue weighted by Crippen LogP contribution is 2.25. The second-order valence-electron chi connectivity index (χ2n) is 6.40. The number of halogens is 1. The van der Waals surface area contributed by atoms with E-state index >= 15 is 0 Å². The highest BCUT2D eigenvalue weighted by atomic mass is 79.9. The Morgan fingerprint density at radius 1 is 0.966 bits per heavy atom. The fraction of sp³-hybridized carbons (Fsp3) is 0.0435. The second-order valence-corrected chi connectivity index (χ2v) is 7.32. The third kappa shape index (κ3) is 4.22. The lowest BCUT2D eigenvalue weighted by Gasteiger charge is -2.08. The molecule has 4 aromatic rings. The first-order valence-corrected chi connectivity index (χ1v) is 9.57. The average molecular weight is 451 g/mol. The van der Waals surface area contributed by atoms with Crippen molar-refractivity contribution in [1.29, 1.82) is 0 Å². The summed E-state index contributed by atoms with van der Waals surface area (Å²) >= 11 is 3.32. The first-order chi connectivity index (χ1) is 14.0. The first kappa shape index (κ1) is 19.0. The molecule has 0 saturated carbocycles. The Bertz CT molecular complexity index is 1260. The molecule has 0 spiro atoms. The molecule has 29 heavy (non-hydrogen) atoms. The van der Waals surface area contributed by atoms with Crippen LogP contribution >= 0.6 is 15.9 Å². The van der Waals surface area contributed by atoms with Crippen LogP contribution in [-0.4, -0.2) is 5.97 Å². The molecule has 144 valence electrons. The molecule has 3 aromatic carbocycles. The van der Waals surface area contributed by atoms with Gasteiger partial charge in [-0.2, -0.15) is 0 Å². The average Bonchev–Trinajstić information content (AvgIpc) is 2.72. The molecule has 0 N–H and O–H groups in total. The van der Waals surface area contributed by atoms with Crippen molar-refractivity contribution in [1.82, 2.24) is 0 Å². The van der Waals surface area contributed by atoms with Gasteiger partial charge in [0.2, 0.25) is 11.2 Å². The molecule has 1 heterocycles. The van der Waals surface area contributed by atoms with Crippen LogP contribution in [0.2, 0.25) is 0 Å². The zero-order valence-electron chi connectivity index (χ0n) is 15.3. The van der Waals surface area contributed by atoms with Crippen molar-refractivity contribution in [3.05, 3.63) is 98.8 Å². The summed E-state index contributed by atoms with van der Waals surface area (Å²) in [6, 6.07) is 18.8. The molecule has 0 atom stereocenters. The Hall–Kier alpha value is -3.38. The van der Waals surface area contributed by atoms with Crippen LogP contribution in [0.15, 0.2) is 86.7 Å². The molecule has 0 bridgehead atoms. The van der Waals surface area contributed by atoms with Gasteiger partial charge in [-0.25, -0.2) is 4.79 Å². The second kappa shape index (κ2) is 7.93. The molecule has 0 saturated heterocycles. The van der Waals surface area contributed by atoms with Gasteiger partial charge in [0, 0.05) is 10.5 Å². The fourth-order valence-electron chi connectivity index (χ4n) is 2.74. The van der Waals surface area contributed by atoms with Crippen LogP contribution in [0.4, 0.5) is 0 Å². The number of esters is 1. The molecule has 0 aliphatic carbocycles. The van der Waals surface area contributed by atoms with E-state index in [4.69, 9.17) is 13.9 Å². The maximum atomic E-state index is 12.7. The summed E-state index contributed by atoms with van der Waals surface area (Å²) in [6.07, 6.45) is 1.25. The number of carbonyl (C=O) groups excluding carboxylic acids is 1. The van der Waals surface area contributed by atoms with Crippen LogP contribution in [0.25, 0.3) is 11.0 Å². The standard InChI is InChI=1S/C23H15BrO5/c1-14-5-7-17(8-6-14)28-21-13-27-20-12-18(9-10-19(20)22(21)25)29-23(26)15-3-2-4-16(24)11-15/h2-13H,1H3. The molecule has 0 fully saturated rings. The largest absolute Gasteiger partial charge is 0.460 e. The Balaban J connectivity index is 1.59. The lowest BCUT2D eigenvalue weighted by atomic mass is 10.2. The van der Waals surface area contributed by atoms with Crippen LogP contribution in [0.5, 0.6) is 17.2 Å². The highest BCUT2D eigenvalue weighted by Gasteiger charge is 2.13. The van der Waals surface area contributed by atoms with Gasteiger partial charge in [-0.1, -0.05) is 39.7 Å². The van der Waals surface area contributed by atoms with Gasteiger partial charge >= 0.3 is 5.97 Å². The maximum absolute atomic E-state index is 12.7. The van der Waals surface area contributed by atoms with Crippen molar-refractivity contribution in [2.24, 2.45) is 0 Å². The molecule has 6 heteroatoms. The van der Waals surface area contributed by atoms with Gasteiger partial charge in [0.25, 0.3) is 0 Å². The van der Waals surface area contributed by atoms with E-state index in [1.165, 1.54) is 12.3 Å². The van der Waals surface area contributed by atoms with Gasteiger partial charge in [-0.3, -0.25) is 4.79 Å². The Kier molecular flexibility index (Phi) is 5.18. The van der Waals surface area contributed by atoms with E-state index in [2.05, 4.69) is 15.9 Å². The maximum Gasteiger partial charge on any atom is 0.343 e. The van der Waals surface area contributed by atoms with E-state index in [-0.39, 0.29) is 16.9 Å². The number of hydrogen-bond acceptors (Lipinski definition) is 5. The van der Waals surface area contributed by atoms with Crippen molar-refractivity contribution in [3.8, 4) is 17.2 Å². The number of ether oxygens (including phenoxy) is 2. The first-order valence-electron chi connectivity index (χ1n) is 8.77. The van der Waals surface area contributed by atoms with Gasteiger partial charge in [-0.15, -0.1) is 0 Å². The molecule has 0 radical (unpaired) electrons. The molecular formula is C23H15BrO5. The van der Waals surface area contributed by atoms with E-state index in [0.29, 0.717) is 22.3 Å². The summed E-state index contributed by atoms with van der Waals surface area (Å²) < 4.78 is 17.3. The smallest absolute Gasteiger partial charge is 0.343 e. The monoisotopic (exact) mass is 450 g/mol. The van der Waals surface area contributed by atoms with Crippen molar-refractivity contribution in [2.75, 3.05) is 0 Å². The topological polar surface area (TPSA) is 65.7 Å². The van der Waals surface area contributed by atoms with E-state index < -0.39 is 5.97 Å². The van der Waals surface area contributed by atoms with Gasteiger partial charge in [0.05, 0.1) is 10.9 Å². The Morgan fingerprint density at radius 3 is 2.48 bits per heavy atom. The minimum Gasteiger partial charge on any atom is -0.460 e. The third-order valence-corrected chi connectivity index (χ3v) is 4.73. The van der Waals surface area contributed by atoms with Crippen LogP contribution in [-0.2, 0) is 0 Å². The molecule has 0 aliphatic heterocycles. The molecule has 0 aliphatic rings. The van der Waals surface area contributed by atoms with Gasteiger partial charge in [0.15, 0.2) is 0 Å². The summed E-state index contributed by atoms with van der Waals surface area (Å²) in [5.74, 6) is 0.396. The Labute approximate surface area is 174 Å². The summed E-state index contributed by atoms with van der Waals surface area (Å²) in [7, 11) is 0. The predicted molar refractivity (Wildman–Crippen MR) is 113 cm³/mol. The Morgan fingerprint density at radius 2 is 1.72 bits per heavy atom. The zero-order valence-corrected chi connectivity index (χ0v) is 16.9. The minimum absolute atomic E-state index is 0.0835. The number of rotatable bonds is 4.